The van der Waals surface area contributed by atoms with E-state index in [9.17, 15) is 15.2 Å². The van der Waals surface area contributed by atoms with Gasteiger partial charge < -0.3 is 10.0 Å². The van der Waals surface area contributed by atoms with Gasteiger partial charge >= 0.3 is 5.69 Å². The molecule has 7 nitrogen and oxygen atoms in total. The molecule has 1 aromatic rings. The van der Waals surface area contributed by atoms with Gasteiger partial charge in [-0.2, -0.15) is 5.10 Å². The molecule has 2 rings (SSSR count). The Balaban J connectivity index is 2.26. The van der Waals surface area contributed by atoms with E-state index in [-0.39, 0.29) is 22.6 Å². The highest BCUT2D eigenvalue weighted by atomic mass is 16.6. The van der Waals surface area contributed by atoms with Crippen molar-refractivity contribution in [2.24, 2.45) is 13.0 Å². The van der Waals surface area contributed by atoms with Crippen LogP contribution in [0, 0.1) is 16.0 Å². The predicted molar refractivity (Wildman–Crippen MR) is 75.9 cm³/mol. The van der Waals surface area contributed by atoms with Crippen molar-refractivity contribution in [2.45, 2.75) is 39.2 Å². The number of aromatic nitrogens is 2. The molecule has 1 unspecified atom stereocenters. The van der Waals surface area contributed by atoms with E-state index in [1.54, 1.807) is 11.7 Å². The van der Waals surface area contributed by atoms with Gasteiger partial charge in [-0.25, -0.2) is 4.68 Å². The van der Waals surface area contributed by atoms with Gasteiger partial charge in [0.1, 0.15) is 5.69 Å². The lowest BCUT2D eigenvalue weighted by Gasteiger charge is -2.33. The number of nitro groups is 1. The maximum absolute atomic E-state index is 11.3. The van der Waals surface area contributed by atoms with E-state index in [2.05, 4.69) is 5.10 Å². The minimum absolute atomic E-state index is 0.130. The lowest BCUT2D eigenvalue weighted by Crippen LogP contribution is -2.38. The zero-order valence-corrected chi connectivity index (χ0v) is 12.2. The Bertz CT molecular complexity index is 490. The second kappa shape index (κ2) is 5.78. The van der Waals surface area contributed by atoms with E-state index in [4.69, 9.17) is 0 Å². The van der Waals surface area contributed by atoms with Gasteiger partial charge in [0.2, 0.25) is 5.82 Å². The zero-order valence-electron chi connectivity index (χ0n) is 12.2. The third-order valence-corrected chi connectivity index (χ3v) is 4.10. The van der Waals surface area contributed by atoms with E-state index in [1.807, 2.05) is 18.7 Å². The zero-order chi connectivity index (χ0) is 14.9. The van der Waals surface area contributed by atoms with Crippen LogP contribution in [-0.4, -0.2) is 39.0 Å². The molecule has 0 saturated carbocycles. The number of aryl methyl sites for hydroxylation is 2. The van der Waals surface area contributed by atoms with Gasteiger partial charge in [-0.05, 0) is 32.1 Å². The van der Waals surface area contributed by atoms with Gasteiger partial charge in [0.25, 0.3) is 0 Å². The van der Waals surface area contributed by atoms with Crippen LogP contribution in [0.3, 0.4) is 0 Å². The minimum Gasteiger partial charge on any atom is -0.393 e. The molecule has 1 saturated heterocycles. The average Bonchev–Trinajstić information content (AvgIpc) is 2.75. The van der Waals surface area contributed by atoms with Crippen molar-refractivity contribution in [3.05, 3.63) is 15.8 Å². The highest BCUT2D eigenvalue weighted by molar-refractivity contribution is 5.61. The van der Waals surface area contributed by atoms with E-state index in [0.29, 0.717) is 17.9 Å². The van der Waals surface area contributed by atoms with Crippen LogP contribution in [0.4, 0.5) is 11.5 Å². The molecule has 1 aliphatic rings. The van der Waals surface area contributed by atoms with E-state index in [0.717, 1.165) is 25.9 Å². The summed E-state index contributed by atoms with van der Waals surface area (Å²) in [4.78, 5) is 13.0. The summed E-state index contributed by atoms with van der Waals surface area (Å²) in [6.45, 7) is 5.12. The fraction of sp³-hybridized carbons (Fsp3) is 0.769. The van der Waals surface area contributed by atoms with E-state index >= 15 is 0 Å². The molecular formula is C13H22N4O3. The number of anilines is 1. The fourth-order valence-corrected chi connectivity index (χ4v) is 2.93. The summed E-state index contributed by atoms with van der Waals surface area (Å²) in [7, 11) is 1.75. The van der Waals surface area contributed by atoms with Crippen LogP contribution in [0.15, 0.2) is 0 Å². The minimum atomic E-state index is -0.331. The van der Waals surface area contributed by atoms with Crippen LogP contribution >= 0.6 is 0 Å². The highest BCUT2D eigenvalue weighted by Gasteiger charge is 2.32. The number of rotatable bonds is 4. The largest absolute Gasteiger partial charge is 0.393 e. The van der Waals surface area contributed by atoms with Crippen LogP contribution in [0.1, 0.15) is 32.4 Å². The number of aliphatic hydroxyl groups is 1. The summed E-state index contributed by atoms with van der Waals surface area (Å²) in [5, 5.41) is 25.2. The molecule has 1 atom stereocenters. The van der Waals surface area contributed by atoms with Gasteiger partial charge in [0.15, 0.2) is 0 Å². The normalized spacial score (nSPS) is 18.3. The van der Waals surface area contributed by atoms with Crippen molar-refractivity contribution in [1.29, 1.82) is 0 Å². The predicted octanol–water partition coefficient (Wildman–Crippen LogP) is 1.49. The molecule has 0 aliphatic carbocycles. The summed E-state index contributed by atoms with van der Waals surface area (Å²) in [6.07, 6.45) is 1.93. The van der Waals surface area contributed by atoms with Crippen LogP contribution in [0.2, 0.25) is 0 Å². The summed E-state index contributed by atoms with van der Waals surface area (Å²) in [6, 6.07) is 0. The standard InChI is InChI=1S/C13H22N4O3/c1-4-11-12(17(19)20)13(15(3)14-11)16-7-5-10(6-8-16)9(2)18/h9-10,18H,4-8H2,1-3H3. The first-order valence-electron chi connectivity index (χ1n) is 7.09. The van der Waals surface area contributed by atoms with Crippen LogP contribution in [0.5, 0.6) is 0 Å². The quantitative estimate of drug-likeness (QED) is 0.668. The molecule has 1 aliphatic heterocycles. The maximum Gasteiger partial charge on any atom is 0.334 e. The molecule has 1 aromatic heterocycles. The first-order valence-corrected chi connectivity index (χ1v) is 7.09. The molecule has 2 heterocycles. The second-order valence-electron chi connectivity index (χ2n) is 5.42. The van der Waals surface area contributed by atoms with Crippen molar-refractivity contribution in [3.8, 4) is 0 Å². The van der Waals surface area contributed by atoms with Crippen molar-refractivity contribution < 1.29 is 10.0 Å². The van der Waals surface area contributed by atoms with Crippen LogP contribution < -0.4 is 4.90 Å². The number of aliphatic hydroxyl groups excluding tert-OH is 1. The molecule has 0 aromatic carbocycles. The van der Waals surface area contributed by atoms with E-state index < -0.39 is 0 Å². The Kier molecular flexibility index (Phi) is 4.27. The molecule has 0 radical (unpaired) electrons. The Labute approximate surface area is 118 Å². The summed E-state index contributed by atoms with van der Waals surface area (Å²) in [5.41, 5.74) is 0.663. The third-order valence-electron chi connectivity index (χ3n) is 4.10. The molecule has 0 amide bonds. The molecule has 0 bridgehead atoms. The summed E-state index contributed by atoms with van der Waals surface area (Å²) >= 11 is 0. The first kappa shape index (κ1) is 14.8. The van der Waals surface area contributed by atoms with Crippen molar-refractivity contribution in [3.63, 3.8) is 0 Å². The lowest BCUT2D eigenvalue weighted by molar-refractivity contribution is -0.384. The molecule has 0 spiro atoms. The number of piperidine rings is 1. The Morgan fingerprint density at radius 2 is 2.10 bits per heavy atom. The summed E-state index contributed by atoms with van der Waals surface area (Å²) in [5.74, 6) is 0.875. The number of hydrogen-bond donors (Lipinski definition) is 1. The van der Waals surface area contributed by atoms with Crippen molar-refractivity contribution in [1.82, 2.24) is 9.78 Å². The Hall–Kier alpha value is -1.63. The maximum atomic E-state index is 11.3. The Morgan fingerprint density at radius 3 is 2.55 bits per heavy atom. The monoisotopic (exact) mass is 282 g/mol. The molecular weight excluding hydrogens is 260 g/mol. The number of hydrogen-bond acceptors (Lipinski definition) is 5. The molecule has 7 heteroatoms. The van der Waals surface area contributed by atoms with Crippen LogP contribution in [0.25, 0.3) is 0 Å². The highest BCUT2D eigenvalue weighted by Crippen LogP contribution is 2.34. The molecule has 1 N–H and O–H groups in total. The SMILES string of the molecule is CCc1nn(C)c(N2CCC(C(C)O)CC2)c1[N+](=O)[O-]. The first-order chi connectivity index (χ1) is 9.45. The van der Waals surface area contributed by atoms with Crippen molar-refractivity contribution >= 4 is 11.5 Å². The topological polar surface area (TPSA) is 84.4 Å². The molecule has 20 heavy (non-hydrogen) atoms. The lowest BCUT2D eigenvalue weighted by atomic mass is 9.92. The van der Waals surface area contributed by atoms with Gasteiger partial charge in [-0.3, -0.25) is 10.1 Å². The Morgan fingerprint density at radius 1 is 1.50 bits per heavy atom. The van der Waals surface area contributed by atoms with E-state index in [1.165, 1.54) is 0 Å². The smallest absolute Gasteiger partial charge is 0.334 e. The van der Waals surface area contributed by atoms with Gasteiger partial charge in [-0.1, -0.05) is 6.92 Å². The summed E-state index contributed by atoms with van der Waals surface area (Å²) < 4.78 is 1.61. The molecule has 1 fully saturated rings. The number of nitrogens with zero attached hydrogens (tertiary/aromatic N) is 4. The second-order valence-corrected chi connectivity index (χ2v) is 5.42. The molecule has 112 valence electrons. The van der Waals surface area contributed by atoms with Gasteiger partial charge in [-0.15, -0.1) is 0 Å². The van der Waals surface area contributed by atoms with Gasteiger partial charge in [0, 0.05) is 20.1 Å². The van der Waals surface area contributed by atoms with Gasteiger partial charge in [0.05, 0.1) is 11.0 Å². The third kappa shape index (κ3) is 2.63. The average molecular weight is 282 g/mol. The van der Waals surface area contributed by atoms with Crippen molar-refractivity contribution in [2.75, 3.05) is 18.0 Å². The fourth-order valence-electron chi connectivity index (χ4n) is 2.93. The van der Waals surface area contributed by atoms with Crippen LogP contribution in [-0.2, 0) is 13.5 Å².